The number of hydrogen-bond donors (Lipinski definition) is 1. The van der Waals surface area contributed by atoms with Crippen molar-refractivity contribution in [1.29, 1.82) is 0 Å². The minimum atomic E-state index is -0.391. The van der Waals surface area contributed by atoms with E-state index in [4.69, 9.17) is 0 Å². The lowest BCUT2D eigenvalue weighted by Crippen LogP contribution is -2.52. The van der Waals surface area contributed by atoms with Crippen LogP contribution in [-0.2, 0) is 9.59 Å². The second kappa shape index (κ2) is 5.05. The van der Waals surface area contributed by atoms with Gasteiger partial charge in [0.1, 0.15) is 6.04 Å². The molecule has 1 saturated carbocycles. The van der Waals surface area contributed by atoms with Crippen LogP contribution in [0.25, 0.3) is 0 Å². The number of carbonyl (C=O) groups is 2. The summed E-state index contributed by atoms with van der Waals surface area (Å²) in [6.07, 6.45) is 3.67. The molecule has 2 amide bonds. The Hall–Kier alpha value is -1.06. The molecule has 4 nitrogen and oxygen atoms in total. The van der Waals surface area contributed by atoms with Crippen LogP contribution in [-0.4, -0.2) is 35.3 Å². The van der Waals surface area contributed by atoms with E-state index in [9.17, 15) is 9.59 Å². The first kappa shape index (κ1) is 15.3. The van der Waals surface area contributed by atoms with Crippen LogP contribution < -0.4 is 5.32 Å². The number of nitrogens with one attached hydrogen (secondary N) is 1. The van der Waals surface area contributed by atoms with Crippen molar-refractivity contribution < 1.29 is 9.59 Å². The van der Waals surface area contributed by atoms with E-state index in [1.54, 1.807) is 6.92 Å². The van der Waals surface area contributed by atoms with Gasteiger partial charge in [-0.2, -0.15) is 0 Å². The van der Waals surface area contributed by atoms with Crippen molar-refractivity contribution in [2.45, 2.75) is 72.4 Å². The maximum atomic E-state index is 12.5. The fourth-order valence-electron chi connectivity index (χ4n) is 4.33. The Morgan fingerprint density at radius 1 is 1.10 bits per heavy atom. The average Bonchev–Trinajstić information content (AvgIpc) is 2.35. The van der Waals surface area contributed by atoms with Crippen LogP contribution in [0.3, 0.4) is 0 Å². The number of hydrogen-bond acceptors (Lipinski definition) is 2. The fourth-order valence-corrected chi connectivity index (χ4v) is 4.33. The zero-order valence-corrected chi connectivity index (χ0v) is 13.5. The normalized spacial score (nSPS) is 30.9. The third-order valence-electron chi connectivity index (χ3n) is 4.59. The Kier molecular flexibility index (Phi) is 3.87. The monoisotopic (exact) mass is 280 g/mol. The number of nitrogens with zero attached hydrogens (tertiary/aromatic N) is 1. The first-order chi connectivity index (χ1) is 9.10. The number of carbonyl (C=O) groups excluding carboxylic acids is 2. The summed E-state index contributed by atoms with van der Waals surface area (Å²) in [6, 6.07) is -0.130. The van der Waals surface area contributed by atoms with Crippen molar-refractivity contribution in [2.75, 3.05) is 6.54 Å². The molecule has 0 aromatic rings. The Morgan fingerprint density at radius 3 is 2.20 bits per heavy atom. The molecule has 1 N–H and O–H groups in total. The van der Waals surface area contributed by atoms with Gasteiger partial charge in [0.25, 0.3) is 0 Å². The summed E-state index contributed by atoms with van der Waals surface area (Å²) in [6.45, 7) is 11.5. The van der Waals surface area contributed by atoms with Crippen molar-refractivity contribution in [1.82, 2.24) is 10.2 Å². The third-order valence-corrected chi connectivity index (χ3v) is 4.59. The molecule has 2 fully saturated rings. The second-order valence-corrected chi connectivity index (χ2v) is 8.14. The van der Waals surface area contributed by atoms with Gasteiger partial charge >= 0.3 is 0 Å². The van der Waals surface area contributed by atoms with Crippen molar-refractivity contribution >= 4 is 11.8 Å². The topological polar surface area (TPSA) is 49.4 Å². The van der Waals surface area contributed by atoms with Gasteiger partial charge in [-0.3, -0.25) is 9.59 Å². The molecule has 0 radical (unpaired) electrons. The molecule has 1 heterocycles. The molecule has 4 heteroatoms. The second-order valence-electron chi connectivity index (χ2n) is 8.14. The molecule has 1 aliphatic heterocycles. The lowest BCUT2D eigenvalue weighted by atomic mass is 9.63. The molecule has 0 aromatic carbocycles. The van der Waals surface area contributed by atoms with Gasteiger partial charge < -0.3 is 10.2 Å². The van der Waals surface area contributed by atoms with Crippen LogP contribution >= 0.6 is 0 Å². The first-order valence-corrected chi connectivity index (χ1v) is 7.70. The molecule has 1 unspecified atom stereocenters. The Bertz CT molecular complexity index is 399. The van der Waals surface area contributed by atoms with Crippen LogP contribution in [0.5, 0.6) is 0 Å². The maximum Gasteiger partial charge on any atom is 0.245 e. The van der Waals surface area contributed by atoms with E-state index in [-0.39, 0.29) is 28.7 Å². The van der Waals surface area contributed by atoms with E-state index in [0.29, 0.717) is 13.0 Å². The molecule has 1 atom stereocenters. The summed E-state index contributed by atoms with van der Waals surface area (Å²) in [5, 5.41) is 2.77. The lowest BCUT2D eigenvalue weighted by Gasteiger charge is -2.48. The number of amides is 2. The summed E-state index contributed by atoms with van der Waals surface area (Å²) in [4.78, 5) is 26.1. The molecule has 2 aliphatic rings. The molecule has 2 rings (SSSR count). The lowest BCUT2D eigenvalue weighted by molar-refractivity contribution is -0.137. The van der Waals surface area contributed by atoms with Gasteiger partial charge in [-0.25, -0.2) is 0 Å². The summed E-state index contributed by atoms with van der Waals surface area (Å²) >= 11 is 0. The van der Waals surface area contributed by atoms with Gasteiger partial charge in [0.05, 0.1) is 0 Å². The largest absolute Gasteiger partial charge is 0.345 e. The molecule has 0 aromatic heterocycles. The van der Waals surface area contributed by atoms with Crippen molar-refractivity contribution in [3.8, 4) is 0 Å². The van der Waals surface area contributed by atoms with E-state index in [2.05, 4.69) is 33.0 Å². The van der Waals surface area contributed by atoms with Gasteiger partial charge in [0, 0.05) is 19.0 Å². The highest BCUT2D eigenvalue weighted by molar-refractivity contribution is 5.89. The Balaban J connectivity index is 2.20. The Morgan fingerprint density at radius 2 is 1.65 bits per heavy atom. The van der Waals surface area contributed by atoms with Crippen molar-refractivity contribution in [2.24, 2.45) is 10.8 Å². The summed E-state index contributed by atoms with van der Waals surface area (Å²) < 4.78 is 0. The third kappa shape index (κ3) is 3.33. The van der Waals surface area contributed by atoms with Crippen LogP contribution in [0.15, 0.2) is 0 Å². The average molecular weight is 280 g/mol. The van der Waals surface area contributed by atoms with E-state index in [0.717, 1.165) is 12.8 Å². The predicted octanol–water partition coefficient (Wildman–Crippen LogP) is 2.33. The van der Waals surface area contributed by atoms with Gasteiger partial charge in [-0.05, 0) is 37.0 Å². The molecule has 0 bridgehead atoms. The zero-order valence-electron chi connectivity index (χ0n) is 13.5. The standard InChI is InChI=1S/C16H28N2O2/c1-11-14(20)18(7-6-13(19)17-11)12-8-15(2,3)10-16(4,5)9-12/h11-12H,6-10H2,1-5H3,(H,17,19). The van der Waals surface area contributed by atoms with E-state index >= 15 is 0 Å². The highest BCUT2D eigenvalue weighted by Crippen LogP contribution is 2.47. The van der Waals surface area contributed by atoms with Gasteiger partial charge in [0.2, 0.25) is 11.8 Å². The molecule has 20 heavy (non-hydrogen) atoms. The molecule has 114 valence electrons. The molecule has 1 saturated heterocycles. The van der Waals surface area contributed by atoms with Crippen LogP contribution in [0, 0.1) is 10.8 Å². The fraction of sp³-hybridized carbons (Fsp3) is 0.875. The quantitative estimate of drug-likeness (QED) is 0.801. The van der Waals surface area contributed by atoms with Crippen LogP contribution in [0.4, 0.5) is 0 Å². The smallest absolute Gasteiger partial charge is 0.245 e. The van der Waals surface area contributed by atoms with Crippen LogP contribution in [0.1, 0.15) is 60.3 Å². The minimum absolute atomic E-state index is 0.0114. The van der Waals surface area contributed by atoms with Crippen molar-refractivity contribution in [3.05, 3.63) is 0 Å². The van der Waals surface area contributed by atoms with Gasteiger partial charge in [-0.15, -0.1) is 0 Å². The predicted molar refractivity (Wildman–Crippen MR) is 79.1 cm³/mol. The SMILES string of the molecule is CC1NC(=O)CCN(C2CC(C)(C)CC(C)(C)C2)C1=O. The highest BCUT2D eigenvalue weighted by Gasteiger charge is 2.43. The molecular weight excluding hydrogens is 252 g/mol. The summed E-state index contributed by atoms with van der Waals surface area (Å²) in [5.74, 6) is 0.0667. The first-order valence-electron chi connectivity index (χ1n) is 7.70. The minimum Gasteiger partial charge on any atom is -0.345 e. The van der Waals surface area contributed by atoms with Gasteiger partial charge in [-0.1, -0.05) is 27.7 Å². The van der Waals surface area contributed by atoms with E-state index < -0.39 is 6.04 Å². The van der Waals surface area contributed by atoms with Gasteiger partial charge in [0.15, 0.2) is 0 Å². The highest BCUT2D eigenvalue weighted by atomic mass is 16.2. The molecule has 1 aliphatic carbocycles. The van der Waals surface area contributed by atoms with E-state index in [1.807, 2.05) is 4.90 Å². The number of rotatable bonds is 1. The van der Waals surface area contributed by atoms with E-state index in [1.165, 1.54) is 6.42 Å². The molecular formula is C16H28N2O2. The maximum absolute atomic E-state index is 12.5. The Labute approximate surface area is 122 Å². The summed E-state index contributed by atoms with van der Waals surface area (Å²) in [5.41, 5.74) is 0.499. The van der Waals surface area contributed by atoms with Crippen LogP contribution in [0.2, 0.25) is 0 Å². The molecule has 0 spiro atoms. The van der Waals surface area contributed by atoms with Crippen molar-refractivity contribution in [3.63, 3.8) is 0 Å². The summed E-state index contributed by atoms with van der Waals surface area (Å²) in [7, 11) is 0. The zero-order chi connectivity index (χ0) is 15.1.